The van der Waals surface area contributed by atoms with Gasteiger partial charge in [-0.1, -0.05) is 41.1 Å². The molecule has 0 aliphatic heterocycles. The number of hydrogen-bond acceptors (Lipinski definition) is 4. The minimum Gasteiger partial charge on any atom is -0.466 e. The fraction of sp³-hybridized carbons (Fsp3) is 0.211. The van der Waals surface area contributed by atoms with Crippen molar-refractivity contribution in [3.05, 3.63) is 63.9 Å². The van der Waals surface area contributed by atoms with Crippen LogP contribution in [0.25, 0.3) is 10.2 Å². The van der Waals surface area contributed by atoms with Gasteiger partial charge in [0.15, 0.2) is 4.80 Å². The minimum atomic E-state index is -0.326. The highest BCUT2D eigenvalue weighted by atomic mass is 35.5. The van der Waals surface area contributed by atoms with Gasteiger partial charge in [0.05, 0.1) is 23.2 Å². The maximum absolute atomic E-state index is 12.5. The Morgan fingerprint density at radius 2 is 1.96 bits per heavy atom. The molecular formula is C19H17ClN2O3S. The van der Waals surface area contributed by atoms with Gasteiger partial charge in [0.1, 0.15) is 0 Å². The normalized spacial score (nSPS) is 11.7. The molecule has 0 aliphatic rings. The molecule has 2 aromatic carbocycles. The molecule has 1 amide bonds. The summed E-state index contributed by atoms with van der Waals surface area (Å²) in [4.78, 5) is 29.0. The van der Waals surface area contributed by atoms with Gasteiger partial charge >= 0.3 is 5.97 Å². The Balaban J connectivity index is 2.02. The van der Waals surface area contributed by atoms with E-state index in [1.54, 1.807) is 37.3 Å². The minimum absolute atomic E-state index is 0.203. The van der Waals surface area contributed by atoms with Crippen LogP contribution in [0.2, 0.25) is 5.02 Å². The van der Waals surface area contributed by atoms with Crippen LogP contribution >= 0.6 is 22.9 Å². The largest absolute Gasteiger partial charge is 0.466 e. The number of carbonyl (C=O) groups excluding carboxylic acids is 2. The molecular weight excluding hydrogens is 372 g/mol. The number of carbonyl (C=O) groups is 2. The number of nitrogens with zero attached hydrogens (tertiary/aromatic N) is 2. The van der Waals surface area contributed by atoms with Crippen molar-refractivity contribution in [2.24, 2.45) is 4.99 Å². The molecule has 5 nitrogen and oxygen atoms in total. The van der Waals surface area contributed by atoms with Crippen molar-refractivity contribution in [3.63, 3.8) is 0 Å². The lowest BCUT2D eigenvalue weighted by molar-refractivity contribution is -0.143. The quantitative estimate of drug-likeness (QED) is 0.619. The average Bonchev–Trinajstić information content (AvgIpc) is 2.97. The molecule has 0 radical (unpaired) electrons. The summed E-state index contributed by atoms with van der Waals surface area (Å²) in [6.07, 6.45) is 0.203. The van der Waals surface area contributed by atoms with E-state index >= 15 is 0 Å². The smallest absolute Gasteiger partial charge is 0.307 e. The van der Waals surface area contributed by atoms with Crippen LogP contribution in [-0.2, 0) is 16.1 Å². The molecule has 0 fully saturated rings. The van der Waals surface area contributed by atoms with Crippen LogP contribution in [0.3, 0.4) is 0 Å². The Labute approximate surface area is 159 Å². The van der Waals surface area contributed by atoms with Crippen molar-refractivity contribution < 1.29 is 14.3 Å². The van der Waals surface area contributed by atoms with Gasteiger partial charge in [0.2, 0.25) is 0 Å². The molecule has 0 N–H and O–H groups in total. The van der Waals surface area contributed by atoms with E-state index in [1.807, 2.05) is 22.8 Å². The van der Waals surface area contributed by atoms with Gasteiger partial charge in [0, 0.05) is 17.1 Å². The number of aromatic nitrogens is 1. The van der Waals surface area contributed by atoms with E-state index in [9.17, 15) is 9.59 Å². The van der Waals surface area contributed by atoms with E-state index in [0.29, 0.717) is 28.5 Å². The summed E-state index contributed by atoms with van der Waals surface area (Å²) in [6, 6.07) is 14.3. The first-order valence-corrected chi connectivity index (χ1v) is 9.36. The van der Waals surface area contributed by atoms with Crippen molar-refractivity contribution >= 4 is 45.0 Å². The van der Waals surface area contributed by atoms with Gasteiger partial charge < -0.3 is 9.30 Å². The number of ether oxygens (including phenoxy) is 1. The zero-order valence-corrected chi connectivity index (χ0v) is 15.7. The number of thiazole rings is 1. The van der Waals surface area contributed by atoms with E-state index < -0.39 is 0 Å². The number of amides is 1. The van der Waals surface area contributed by atoms with Crippen LogP contribution in [0, 0.1) is 0 Å². The highest BCUT2D eigenvalue weighted by molar-refractivity contribution is 7.16. The molecule has 0 saturated carbocycles. The predicted octanol–water partition coefficient (Wildman–Crippen LogP) is 4.05. The highest BCUT2D eigenvalue weighted by Crippen LogP contribution is 2.22. The molecule has 1 aromatic heterocycles. The average molecular weight is 389 g/mol. The monoisotopic (exact) mass is 388 g/mol. The molecule has 1 heterocycles. The fourth-order valence-electron chi connectivity index (χ4n) is 2.52. The number of aryl methyl sites for hydroxylation is 1. The van der Waals surface area contributed by atoms with Gasteiger partial charge in [0.25, 0.3) is 5.91 Å². The van der Waals surface area contributed by atoms with Crippen molar-refractivity contribution in [1.82, 2.24) is 4.57 Å². The molecule has 3 aromatic rings. The Morgan fingerprint density at radius 3 is 2.69 bits per heavy atom. The van der Waals surface area contributed by atoms with Crippen LogP contribution in [0.1, 0.15) is 23.7 Å². The molecule has 7 heteroatoms. The Morgan fingerprint density at radius 1 is 1.19 bits per heavy atom. The lowest BCUT2D eigenvalue weighted by atomic mass is 10.2. The summed E-state index contributed by atoms with van der Waals surface area (Å²) >= 11 is 7.44. The summed E-state index contributed by atoms with van der Waals surface area (Å²) in [7, 11) is 0. The molecule has 0 aliphatic carbocycles. The summed E-state index contributed by atoms with van der Waals surface area (Å²) in [5, 5.41) is 0.609. The van der Waals surface area contributed by atoms with Crippen molar-refractivity contribution in [2.75, 3.05) is 6.61 Å². The fourth-order valence-corrected chi connectivity index (χ4v) is 3.85. The summed E-state index contributed by atoms with van der Waals surface area (Å²) in [5.41, 5.74) is 1.39. The first kappa shape index (κ1) is 18.4. The molecule has 0 saturated heterocycles. The van der Waals surface area contributed by atoms with Crippen LogP contribution in [-0.4, -0.2) is 23.1 Å². The second-order valence-electron chi connectivity index (χ2n) is 5.49. The second kappa shape index (κ2) is 8.29. The standard InChI is InChI=1S/C19H17ClN2O3S/c1-2-25-17(23)10-11-22-15-9-8-14(20)12-16(15)26-19(22)21-18(24)13-6-4-3-5-7-13/h3-9,12H,2,10-11H2,1H3. The zero-order valence-electron chi connectivity index (χ0n) is 14.1. The number of esters is 1. The maximum atomic E-state index is 12.5. The molecule has 0 bridgehead atoms. The molecule has 0 atom stereocenters. The van der Waals surface area contributed by atoms with E-state index in [4.69, 9.17) is 16.3 Å². The molecule has 3 rings (SSSR count). The summed E-state index contributed by atoms with van der Waals surface area (Å²) in [6.45, 7) is 2.49. The maximum Gasteiger partial charge on any atom is 0.307 e. The first-order chi connectivity index (χ1) is 12.6. The van der Waals surface area contributed by atoms with Crippen molar-refractivity contribution in [1.29, 1.82) is 0 Å². The Hall–Kier alpha value is -2.44. The van der Waals surface area contributed by atoms with Gasteiger partial charge in [-0.2, -0.15) is 4.99 Å². The molecule has 0 spiro atoms. The van der Waals surface area contributed by atoms with Crippen LogP contribution in [0.4, 0.5) is 0 Å². The van der Waals surface area contributed by atoms with Crippen molar-refractivity contribution in [2.45, 2.75) is 19.9 Å². The van der Waals surface area contributed by atoms with Crippen LogP contribution in [0.15, 0.2) is 53.5 Å². The topological polar surface area (TPSA) is 60.7 Å². The van der Waals surface area contributed by atoms with Crippen molar-refractivity contribution in [3.8, 4) is 0 Å². The SMILES string of the molecule is CCOC(=O)CCn1c(=NC(=O)c2ccccc2)sc2cc(Cl)ccc21. The van der Waals surface area contributed by atoms with E-state index in [0.717, 1.165) is 10.2 Å². The summed E-state index contributed by atoms with van der Waals surface area (Å²) in [5.74, 6) is -0.609. The number of benzene rings is 2. The Bertz CT molecular complexity index is 1010. The zero-order chi connectivity index (χ0) is 18.5. The lowest BCUT2D eigenvalue weighted by Gasteiger charge is -2.05. The molecule has 26 heavy (non-hydrogen) atoms. The van der Waals surface area contributed by atoms with E-state index in [2.05, 4.69) is 4.99 Å². The summed E-state index contributed by atoms with van der Waals surface area (Å²) < 4.78 is 7.75. The number of hydrogen-bond donors (Lipinski definition) is 0. The van der Waals surface area contributed by atoms with Crippen LogP contribution < -0.4 is 4.80 Å². The van der Waals surface area contributed by atoms with Gasteiger partial charge in [-0.15, -0.1) is 0 Å². The third-order valence-corrected chi connectivity index (χ3v) is 4.98. The highest BCUT2D eigenvalue weighted by Gasteiger charge is 2.11. The first-order valence-electron chi connectivity index (χ1n) is 8.17. The third-order valence-electron chi connectivity index (χ3n) is 3.71. The van der Waals surface area contributed by atoms with E-state index in [-0.39, 0.29) is 18.3 Å². The van der Waals surface area contributed by atoms with Crippen LogP contribution in [0.5, 0.6) is 0 Å². The lowest BCUT2D eigenvalue weighted by Crippen LogP contribution is -2.19. The van der Waals surface area contributed by atoms with Gasteiger partial charge in [-0.25, -0.2) is 0 Å². The molecule has 134 valence electrons. The predicted molar refractivity (Wildman–Crippen MR) is 102 cm³/mol. The second-order valence-corrected chi connectivity index (χ2v) is 6.93. The van der Waals surface area contributed by atoms with Gasteiger partial charge in [-0.05, 0) is 37.3 Å². The molecule has 0 unspecified atom stereocenters. The number of rotatable bonds is 5. The number of fused-ring (bicyclic) bond motifs is 1. The third kappa shape index (κ3) is 4.20. The van der Waals surface area contributed by atoms with Gasteiger partial charge in [-0.3, -0.25) is 9.59 Å². The Kier molecular flexibility index (Phi) is 5.85. The van der Waals surface area contributed by atoms with E-state index in [1.165, 1.54) is 11.3 Å². The number of halogens is 1.